The van der Waals surface area contributed by atoms with Crippen molar-refractivity contribution in [3.05, 3.63) is 59.7 Å². The lowest BCUT2D eigenvalue weighted by atomic mass is 9.98. The monoisotopic (exact) mass is 370 g/mol. The Balaban J connectivity index is 0.000000596. The van der Waals surface area contributed by atoms with Crippen molar-refractivity contribution in [1.29, 1.82) is 0 Å². The van der Waals surface area contributed by atoms with Gasteiger partial charge in [0.05, 0.1) is 0 Å². The van der Waals surface area contributed by atoms with Crippen LogP contribution in [-0.2, 0) is 14.3 Å². The molecule has 0 radical (unpaired) electrons. The van der Waals surface area contributed by atoms with Crippen LogP contribution in [0.15, 0.2) is 48.5 Å². The fourth-order valence-corrected chi connectivity index (χ4v) is 2.89. The quantitative estimate of drug-likeness (QED) is 0.764. The minimum absolute atomic E-state index is 0.00275. The first-order valence-corrected chi connectivity index (χ1v) is 8.41. The van der Waals surface area contributed by atoms with Gasteiger partial charge < -0.3 is 20.9 Å². The molecular weight excluding hydrogens is 348 g/mol. The molecule has 7 heteroatoms. The summed E-state index contributed by atoms with van der Waals surface area (Å²) < 4.78 is 5.30. The number of carboxylic acids is 1. The van der Waals surface area contributed by atoms with Gasteiger partial charge in [-0.15, -0.1) is 0 Å². The number of hydrogen-bond donors (Lipinski definition) is 3. The van der Waals surface area contributed by atoms with E-state index >= 15 is 0 Å². The van der Waals surface area contributed by atoms with Crippen molar-refractivity contribution in [2.45, 2.75) is 25.8 Å². The molecule has 0 heterocycles. The number of aliphatic carboxylic acids is 1. The molecule has 0 spiro atoms. The molecule has 7 nitrogen and oxygen atoms in total. The maximum absolute atomic E-state index is 11.8. The molecule has 142 valence electrons. The molecule has 2 aromatic carbocycles. The molecular formula is C20H22N2O5. The summed E-state index contributed by atoms with van der Waals surface area (Å²) in [5.74, 6) is -1.43. The third kappa shape index (κ3) is 5.07. The highest BCUT2D eigenvalue weighted by Crippen LogP contribution is 2.44. The number of ether oxygens (including phenoxy) is 1. The number of carbonyl (C=O) groups is 3. The summed E-state index contributed by atoms with van der Waals surface area (Å²) in [6.45, 7) is 2.81. The van der Waals surface area contributed by atoms with Gasteiger partial charge >= 0.3 is 6.09 Å². The van der Waals surface area contributed by atoms with Gasteiger partial charge in [-0.3, -0.25) is 9.59 Å². The van der Waals surface area contributed by atoms with Crippen LogP contribution in [0.25, 0.3) is 11.1 Å². The van der Waals surface area contributed by atoms with Crippen LogP contribution in [0, 0.1) is 0 Å². The van der Waals surface area contributed by atoms with Gasteiger partial charge in [-0.2, -0.15) is 0 Å². The van der Waals surface area contributed by atoms with Crippen LogP contribution in [0.3, 0.4) is 0 Å². The molecule has 0 aliphatic heterocycles. The number of carbonyl (C=O) groups excluding carboxylic acids is 2. The van der Waals surface area contributed by atoms with Crippen molar-refractivity contribution < 1.29 is 24.2 Å². The summed E-state index contributed by atoms with van der Waals surface area (Å²) in [5.41, 5.74) is 9.74. The highest BCUT2D eigenvalue weighted by molar-refractivity contribution is 5.84. The highest BCUT2D eigenvalue weighted by atomic mass is 16.5. The minimum Gasteiger partial charge on any atom is -0.481 e. The molecule has 1 atom stereocenters. The van der Waals surface area contributed by atoms with Gasteiger partial charge in [0, 0.05) is 12.8 Å². The molecule has 2 amide bonds. The number of carboxylic acid groups (broad SMARTS) is 1. The normalized spacial score (nSPS) is 12.7. The predicted octanol–water partition coefficient (Wildman–Crippen LogP) is 2.49. The molecule has 0 fully saturated rings. The lowest BCUT2D eigenvalue weighted by Crippen LogP contribution is -2.42. The minimum atomic E-state index is -0.833. The fourth-order valence-electron chi connectivity index (χ4n) is 2.89. The van der Waals surface area contributed by atoms with Crippen LogP contribution in [0.2, 0.25) is 0 Å². The largest absolute Gasteiger partial charge is 0.481 e. The van der Waals surface area contributed by atoms with Crippen LogP contribution in [0.5, 0.6) is 0 Å². The maximum Gasteiger partial charge on any atom is 0.407 e. The Kier molecular flexibility index (Phi) is 6.54. The molecule has 0 aromatic heterocycles. The molecule has 2 aromatic rings. The van der Waals surface area contributed by atoms with E-state index in [-0.39, 0.29) is 12.5 Å². The Hall–Kier alpha value is -3.35. The summed E-state index contributed by atoms with van der Waals surface area (Å²) in [6.07, 6.45) is -0.641. The number of alkyl carbamates (subject to hydrolysis) is 1. The maximum atomic E-state index is 11.8. The topological polar surface area (TPSA) is 119 Å². The van der Waals surface area contributed by atoms with Crippen molar-refractivity contribution in [2.75, 3.05) is 6.61 Å². The van der Waals surface area contributed by atoms with Gasteiger partial charge in [-0.25, -0.2) is 4.79 Å². The molecule has 0 saturated carbocycles. The van der Waals surface area contributed by atoms with Crippen LogP contribution >= 0.6 is 0 Å². The van der Waals surface area contributed by atoms with Gasteiger partial charge in [0.15, 0.2) is 0 Å². The van der Waals surface area contributed by atoms with Crippen LogP contribution in [0.1, 0.15) is 30.9 Å². The molecule has 4 N–H and O–H groups in total. The zero-order valence-electron chi connectivity index (χ0n) is 15.1. The van der Waals surface area contributed by atoms with E-state index < -0.39 is 24.0 Å². The lowest BCUT2D eigenvalue weighted by molar-refractivity contribution is -0.134. The molecule has 27 heavy (non-hydrogen) atoms. The van der Waals surface area contributed by atoms with Crippen molar-refractivity contribution in [1.82, 2.24) is 5.32 Å². The Morgan fingerprint density at radius 1 is 1.07 bits per heavy atom. The van der Waals surface area contributed by atoms with E-state index in [2.05, 4.69) is 17.4 Å². The zero-order valence-corrected chi connectivity index (χ0v) is 15.1. The lowest BCUT2D eigenvalue weighted by Gasteiger charge is -2.15. The number of nitrogens with two attached hydrogens (primary N) is 1. The van der Waals surface area contributed by atoms with Crippen molar-refractivity contribution >= 4 is 18.0 Å². The third-order valence-electron chi connectivity index (χ3n) is 4.10. The van der Waals surface area contributed by atoms with Gasteiger partial charge in [0.1, 0.15) is 12.6 Å². The second-order valence-corrected chi connectivity index (χ2v) is 6.11. The van der Waals surface area contributed by atoms with Gasteiger partial charge in [0.2, 0.25) is 5.91 Å². The predicted molar refractivity (Wildman–Crippen MR) is 100 cm³/mol. The van der Waals surface area contributed by atoms with Crippen LogP contribution < -0.4 is 11.1 Å². The first-order valence-electron chi connectivity index (χ1n) is 8.41. The summed E-state index contributed by atoms with van der Waals surface area (Å²) in [7, 11) is 0. The summed E-state index contributed by atoms with van der Waals surface area (Å²) in [4.78, 5) is 31.8. The highest BCUT2D eigenvalue weighted by Gasteiger charge is 2.29. The number of primary amides is 1. The Bertz CT molecular complexity index is 800. The first kappa shape index (κ1) is 20.0. The molecule has 1 aliphatic carbocycles. The second kappa shape index (κ2) is 8.84. The first-order chi connectivity index (χ1) is 12.8. The van der Waals surface area contributed by atoms with Gasteiger partial charge in [-0.05, 0) is 29.2 Å². The van der Waals surface area contributed by atoms with E-state index in [0.717, 1.165) is 18.1 Å². The number of benzene rings is 2. The summed E-state index contributed by atoms with van der Waals surface area (Å²) in [6, 6.07) is 15.4. The number of fused-ring (bicyclic) bond motifs is 3. The number of nitrogens with one attached hydrogen (secondary N) is 1. The van der Waals surface area contributed by atoms with E-state index in [0.29, 0.717) is 0 Å². The van der Waals surface area contributed by atoms with E-state index in [4.69, 9.17) is 20.4 Å². The fraction of sp³-hybridized carbons (Fsp3) is 0.250. The Morgan fingerprint density at radius 2 is 1.52 bits per heavy atom. The molecule has 3 rings (SSSR count). The van der Waals surface area contributed by atoms with Crippen molar-refractivity contribution in [2.24, 2.45) is 5.73 Å². The average molecular weight is 370 g/mol. The number of hydrogen-bond acceptors (Lipinski definition) is 4. The van der Waals surface area contributed by atoms with Crippen LogP contribution in [0.4, 0.5) is 4.79 Å². The van der Waals surface area contributed by atoms with Gasteiger partial charge in [0.25, 0.3) is 5.97 Å². The van der Waals surface area contributed by atoms with E-state index in [1.807, 2.05) is 36.4 Å². The second-order valence-electron chi connectivity index (χ2n) is 6.11. The zero-order chi connectivity index (χ0) is 20.0. The smallest absolute Gasteiger partial charge is 0.407 e. The number of rotatable bonds is 4. The average Bonchev–Trinajstić information content (AvgIpc) is 2.93. The molecule has 0 saturated heterocycles. The Morgan fingerprint density at radius 3 is 1.96 bits per heavy atom. The SMILES string of the molecule is CC(=O)O.CC(NC(=O)OCC1c2ccccc2-c2ccccc21)C(N)=O. The Labute approximate surface area is 157 Å². The third-order valence-corrected chi connectivity index (χ3v) is 4.10. The van der Waals surface area contributed by atoms with E-state index in [1.54, 1.807) is 0 Å². The molecule has 1 unspecified atom stereocenters. The van der Waals surface area contributed by atoms with E-state index in [1.165, 1.54) is 18.1 Å². The summed E-state index contributed by atoms with van der Waals surface area (Å²) >= 11 is 0. The summed E-state index contributed by atoms with van der Waals surface area (Å²) in [5, 5.41) is 9.83. The molecule has 0 bridgehead atoms. The van der Waals surface area contributed by atoms with E-state index in [9.17, 15) is 9.59 Å². The van der Waals surface area contributed by atoms with Crippen LogP contribution in [-0.4, -0.2) is 35.7 Å². The van der Waals surface area contributed by atoms with Crippen molar-refractivity contribution in [3.63, 3.8) is 0 Å². The molecule has 1 aliphatic rings. The standard InChI is InChI=1S/C18H18N2O3.C2H4O2/c1-11(17(19)21)20-18(22)23-10-16-14-8-4-2-6-12(14)13-7-3-5-9-15(13)16;1-2(3)4/h2-9,11,16H,10H2,1H3,(H2,19,21)(H,20,22);1H3,(H,3,4). The van der Waals surface area contributed by atoms with Crippen molar-refractivity contribution in [3.8, 4) is 11.1 Å². The number of amides is 2. The van der Waals surface area contributed by atoms with Gasteiger partial charge in [-0.1, -0.05) is 48.5 Å².